The largest absolute Gasteiger partial charge is 0.493 e. The fourth-order valence-electron chi connectivity index (χ4n) is 3.24. The molecule has 3 rings (SSSR count). The molecule has 1 saturated heterocycles. The monoisotopic (exact) mass is 338 g/mol. The number of piperidine rings is 1. The number of ether oxygens (including phenoxy) is 1. The van der Waals surface area contributed by atoms with Crippen LogP contribution in [0.5, 0.6) is 5.75 Å². The highest BCUT2D eigenvalue weighted by Crippen LogP contribution is 2.32. The van der Waals surface area contributed by atoms with Gasteiger partial charge in [-0.1, -0.05) is 18.2 Å². The molecule has 1 N–H and O–H groups in total. The van der Waals surface area contributed by atoms with Gasteiger partial charge in [-0.25, -0.2) is 12.7 Å². The van der Waals surface area contributed by atoms with Crippen molar-refractivity contribution in [2.24, 2.45) is 5.92 Å². The molecule has 0 saturated carbocycles. The lowest BCUT2D eigenvalue weighted by Crippen LogP contribution is -2.46. The summed E-state index contributed by atoms with van der Waals surface area (Å²) in [5.74, 6) is 0.457. The van der Waals surface area contributed by atoms with Crippen LogP contribution in [0.1, 0.15) is 30.9 Å². The van der Waals surface area contributed by atoms with E-state index in [9.17, 15) is 13.2 Å². The normalized spacial score (nSPS) is 25.3. The standard InChI is InChI=1S/C16H22N2O4S/c1-23(20,21)18-9-4-5-12(11-18)16(19)17-14-8-10-22-15-7-3-2-6-13(14)15/h2-3,6-7,12,14H,4-5,8-11H2,1H3,(H,17,19)/t12-,14-/m1/s1. The molecule has 0 radical (unpaired) electrons. The van der Waals surface area contributed by atoms with Crippen molar-refractivity contribution in [3.05, 3.63) is 29.8 Å². The van der Waals surface area contributed by atoms with E-state index in [2.05, 4.69) is 5.32 Å². The smallest absolute Gasteiger partial charge is 0.224 e. The summed E-state index contributed by atoms with van der Waals surface area (Å²) < 4.78 is 30.4. The van der Waals surface area contributed by atoms with Crippen LogP contribution in [0.25, 0.3) is 0 Å². The molecule has 23 heavy (non-hydrogen) atoms. The van der Waals surface area contributed by atoms with Gasteiger partial charge in [-0.3, -0.25) is 4.79 Å². The molecular formula is C16H22N2O4S. The van der Waals surface area contributed by atoms with Crippen LogP contribution in [0.4, 0.5) is 0 Å². The van der Waals surface area contributed by atoms with Crippen LogP contribution >= 0.6 is 0 Å². The maximum Gasteiger partial charge on any atom is 0.224 e. The SMILES string of the molecule is CS(=O)(=O)N1CCC[C@@H](C(=O)N[C@@H]2CCOc3ccccc32)C1. The number of nitrogens with zero attached hydrogens (tertiary/aromatic N) is 1. The zero-order valence-electron chi connectivity index (χ0n) is 13.2. The zero-order chi connectivity index (χ0) is 16.4. The Labute approximate surface area is 136 Å². The second kappa shape index (κ2) is 6.49. The molecular weight excluding hydrogens is 316 g/mol. The summed E-state index contributed by atoms with van der Waals surface area (Å²) in [6.07, 6.45) is 3.37. The Kier molecular flexibility index (Phi) is 4.59. The number of carbonyl (C=O) groups is 1. The Hall–Kier alpha value is -1.60. The maximum atomic E-state index is 12.6. The van der Waals surface area contributed by atoms with Crippen molar-refractivity contribution in [2.45, 2.75) is 25.3 Å². The van der Waals surface area contributed by atoms with Crippen LogP contribution in [0.15, 0.2) is 24.3 Å². The summed E-state index contributed by atoms with van der Waals surface area (Å²) in [5.41, 5.74) is 0.989. The summed E-state index contributed by atoms with van der Waals surface area (Å²) in [6.45, 7) is 1.35. The molecule has 0 aromatic heterocycles. The molecule has 2 heterocycles. The number of hydrogen-bond donors (Lipinski definition) is 1. The summed E-state index contributed by atoms with van der Waals surface area (Å²) in [6, 6.07) is 7.64. The van der Waals surface area contributed by atoms with Gasteiger partial charge in [0.2, 0.25) is 15.9 Å². The van der Waals surface area contributed by atoms with E-state index in [1.807, 2.05) is 24.3 Å². The number of amides is 1. The van der Waals surface area contributed by atoms with Gasteiger partial charge in [0, 0.05) is 25.1 Å². The second-order valence-corrected chi connectivity index (χ2v) is 8.18. The highest BCUT2D eigenvalue weighted by Gasteiger charge is 2.32. The Balaban J connectivity index is 1.68. The van der Waals surface area contributed by atoms with Crippen molar-refractivity contribution >= 4 is 15.9 Å². The van der Waals surface area contributed by atoms with Gasteiger partial charge in [-0.2, -0.15) is 0 Å². The van der Waals surface area contributed by atoms with Gasteiger partial charge in [0.05, 0.1) is 24.8 Å². The van der Waals surface area contributed by atoms with Gasteiger partial charge in [0.15, 0.2) is 0 Å². The molecule has 6 nitrogen and oxygen atoms in total. The lowest BCUT2D eigenvalue weighted by Gasteiger charge is -2.32. The Morgan fingerprint density at radius 1 is 1.30 bits per heavy atom. The van der Waals surface area contributed by atoms with E-state index in [0.29, 0.717) is 13.2 Å². The average Bonchev–Trinajstić information content (AvgIpc) is 2.54. The Morgan fingerprint density at radius 3 is 2.87 bits per heavy atom. The molecule has 7 heteroatoms. The van der Waals surface area contributed by atoms with Gasteiger partial charge in [-0.05, 0) is 18.9 Å². The summed E-state index contributed by atoms with van der Waals surface area (Å²) >= 11 is 0. The van der Waals surface area contributed by atoms with Crippen LogP contribution in [-0.4, -0.2) is 44.6 Å². The summed E-state index contributed by atoms with van der Waals surface area (Å²) in [7, 11) is -3.24. The van der Waals surface area contributed by atoms with E-state index < -0.39 is 10.0 Å². The van der Waals surface area contributed by atoms with Crippen LogP contribution in [0.3, 0.4) is 0 Å². The molecule has 2 aliphatic rings. The van der Waals surface area contributed by atoms with Crippen LogP contribution in [0, 0.1) is 5.92 Å². The van der Waals surface area contributed by atoms with Crippen molar-refractivity contribution in [2.75, 3.05) is 26.0 Å². The minimum Gasteiger partial charge on any atom is -0.493 e. The first-order chi connectivity index (χ1) is 10.9. The van der Waals surface area contributed by atoms with E-state index in [-0.39, 0.29) is 24.4 Å². The predicted molar refractivity (Wildman–Crippen MR) is 86.6 cm³/mol. The lowest BCUT2D eigenvalue weighted by atomic mass is 9.96. The highest BCUT2D eigenvalue weighted by atomic mass is 32.2. The topological polar surface area (TPSA) is 75.7 Å². The molecule has 0 bridgehead atoms. The number of rotatable bonds is 3. The van der Waals surface area contributed by atoms with Crippen molar-refractivity contribution in [3.8, 4) is 5.75 Å². The van der Waals surface area contributed by atoms with E-state index >= 15 is 0 Å². The Morgan fingerprint density at radius 2 is 2.09 bits per heavy atom. The molecule has 2 atom stereocenters. The summed E-state index contributed by atoms with van der Waals surface area (Å²) in [4.78, 5) is 12.6. The van der Waals surface area contributed by atoms with Crippen LogP contribution in [-0.2, 0) is 14.8 Å². The van der Waals surface area contributed by atoms with Crippen LogP contribution < -0.4 is 10.1 Å². The van der Waals surface area contributed by atoms with E-state index in [0.717, 1.165) is 30.6 Å². The third kappa shape index (κ3) is 3.67. The number of hydrogen-bond acceptors (Lipinski definition) is 4. The van der Waals surface area contributed by atoms with Gasteiger partial charge in [-0.15, -0.1) is 0 Å². The number of nitrogens with one attached hydrogen (secondary N) is 1. The number of para-hydroxylation sites is 1. The van der Waals surface area contributed by atoms with E-state index in [1.165, 1.54) is 10.6 Å². The number of carbonyl (C=O) groups excluding carboxylic acids is 1. The lowest BCUT2D eigenvalue weighted by molar-refractivity contribution is -0.127. The number of benzene rings is 1. The first kappa shape index (κ1) is 16.3. The molecule has 126 valence electrons. The van der Waals surface area contributed by atoms with E-state index in [4.69, 9.17) is 4.74 Å². The molecule has 1 fully saturated rings. The molecule has 1 aromatic rings. The maximum absolute atomic E-state index is 12.6. The highest BCUT2D eigenvalue weighted by molar-refractivity contribution is 7.88. The van der Waals surface area contributed by atoms with Crippen molar-refractivity contribution in [1.29, 1.82) is 0 Å². The van der Waals surface area contributed by atoms with Gasteiger partial charge < -0.3 is 10.1 Å². The van der Waals surface area contributed by atoms with Crippen molar-refractivity contribution in [3.63, 3.8) is 0 Å². The molecule has 2 aliphatic heterocycles. The summed E-state index contributed by atoms with van der Waals surface area (Å²) in [5, 5.41) is 3.08. The fourth-order valence-corrected chi connectivity index (χ4v) is 4.15. The third-order valence-electron chi connectivity index (χ3n) is 4.50. The van der Waals surface area contributed by atoms with Crippen molar-refractivity contribution < 1.29 is 17.9 Å². The number of sulfonamides is 1. The first-order valence-corrected chi connectivity index (χ1v) is 9.77. The average molecular weight is 338 g/mol. The van der Waals surface area contributed by atoms with Gasteiger partial charge >= 0.3 is 0 Å². The third-order valence-corrected chi connectivity index (χ3v) is 5.77. The molecule has 1 aromatic carbocycles. The Bertz CT molecular complexity index is 689. The molecule has 1 amide bonds. The van der Waals surface area contributed by atoms with Crippen LogP contribution in [0.2, 0.25) is 0 Å². The minimum absolute atomic E-state index is 0.0685. The molecule has 0 aliphatic carbocycles. The molecule has 0 unspecified atom stereocenters. The molecule has 0 spiro atoms. The second-order valence-electron chi connectivity index (χ2n) is 6.20. The van der Waals surface area contributed by atoms with Crippen molar-refractivity contribution in [1.82, 2.24) is 9.62 Å². The predicted octanol–water partition coefficient (Wildman–Crippen LogP) is 1.30. The quantitative estimate of drug-likeness (QED) is 0.901. The first-order valence-electron chi connectivity index (χ1n) is 7.92. The fraction of sp³-hybridized carbons (Fsp3) is 0.562. The zero-order valence-corrected chi connectivity index (χ0v) is 14.0. The number of fused-ring (bicyclic) bond motifs is 1. The van der Waals surface area contributed by atoms with E-state index in [1.54, 1.807) is 0 Å². The minimum atomic E-state index is -3.24. The van der Waals surface area contributed by atoms with Gasteiger partial charge in [0.25, 0.3) is 0 Å². The van der Waals surface area contributed by atoms with Gasteiger partial charge in [0.1, 0.15) is 5.75 Å².